The maximum absolute atomic E-state index is 12.1. The number of halogens is 1. The minimum Gasteiger partial charge on any atom is -0.340 e. The van der Waals surface area contributed by atoms with Gasteiger partial charge in [0, 0.05) is 17.6 Å². The van der Waals surface area contributed by atoms with Crippen molar-refractivity contribution in [3.63, 3.8) is 0 Å². The fraction of sp³-hybridized carbons (Fsp3) is 0.357. The molecule has 0 N–H and O–H groups in total. The van der Waals surface area contributed by atoms with E-state index in [-0.39, 0.29) is 18.7 Å². The van der Waals surface area contributed by atoms with Crippen LogP contribution in [0.4, 0.5) is 0 Å². The van der Waals surface area contributed by atoms with Crippen LogP contribution in [0.3, 0.4) is 0 Å². The summed E-state index contributed by atoms with van der Waals surface area (Å²) in [5, 5.41) is 17.2. The first-order valence-corrected chi connectivity index (χ1v) is 6.72. The van der Waals surface area contributed by atoms with Gasteiger partial charge in [0.1, 0.15) is 0 Å². The van der Waals surface area contributed by atoms with Gasteiger partial charge in [-0.1, -0.05) is 28.1 Å². The Balaban J connectivity index is 2.62. The predicted octanol–water partition coefficient (Wildman–Crippen LogP) is 2.65. The van der Waals surface area contributed by atoms with E-state index >= 15 is 0 Å². The van der Waals surface area contributed by atoms with Crippen molar-refractivity contribution in [1.82, 2.24) is 4.90 Å². The lowest BCUT2D eigenvalue weighted by atomic mass is 10.1. The van der Waals surface area contributed by atoms with Gasteiger partial charge in [0.05, 0.1) is 31.4 Å². The van der Waals surface area contributed by atoms with Crippen LogP contribution >= 0.6 is 15.9 Å². The Bertz CT molecular complexity index is 481. The SMILES string of the molecule is N#CCCN(CCC#N)C(=O)Cc1ccc(Br)cc1. The molecule has 0 unspecified atom stereocenters. The molecule has 0 heterocycles. The molecule has 0 spiro atoms. The van der Waals surface area contributed by atoms with Crippen molar-refractivity contribution in [2.45, 2.75) is 19.3 Å². The summed E-state index contributed by atoms with van der Waals surface area (Å²) in [5.41, 5.74) is 0.923. The van der Waals surface area contributed by atoms with Crippen molar-refractivity contribution in [3.8, 4) is 12.1 Å². The molecule has 0 aliphatic carbocycles. The number of nitriles is 2. The van der Waals surface area contributed by atoms with Gasteiger partial charge in [0.25, 0.3) is 0 Å². The summed E-state index contributed by atoms with van der Waals surface area (Å²) >= 11 is 3.34. The Morgan fingerprint density at radius 1 is 1.11 bits per heavy atom. The molecule has 0 aliphatic rings. The van der Waals surface area contributed by atoms with E-state index in [2.05, 4.69) is 15.9 Å². The van der Waals surface area contributed by atoms with Crippen molar-refractivity contribution in [2.24, 2.45) is 0 Å². The summed E-state index contributed by atoms with van der Waals surface area (Å²) in [5.74, 6) is -0.0483. The summed E-state index contributed by atoms with van der Waals surface area (Å²) in [7, 11) is 0. The third-order valence-corrected chi connectivity index (χ3v) is 3.14. The van der Waals surface area contributed by atoms with Crippen LogP contribution in [0.2, 0.25) is 0 Å². The second kappa shape index (κ2) is 8.29. The molecule has 5 heteroatoms. The number of hydrogen-bond donors (Lipinski definition) is 0. The molecule has 1 aromatic rings. The second-order valence-electron chi connectivity index (χ2n) is 4.00. The molecule has 4 nitrogen and oxygen atoms in total. The minimum atomic E-state index is -0.0483. The molecule has 0 saturated carbocycles. The third-order valence-electron chi connectivity index (χ3n) is 2.61. The van der Waals surface area contributed by atoms with Gasteiger partial charge < -0.3 is 4.90 Å². The summed E-state index contributed by atoms with van der Waals surface area (Å²) in [6.45, 7) is 0.765. The largest absolute Gasteiger partial charge is 0.340 e. The van der Waals surface area contributed by atoms with Crippen LogP contribution in [0.1, 0.15) is 18.4 Å². The second-order valence-corrected chi connectivity index (χ2v) is 4.92. The van der Waals surface area contributed by atoms with Crippen LogP contribution < -0.4 is 0 Å². The van der Waals surface area contributed by atoms with Gasteiger partial charge in [-0.15, -0.1) is 0 Å². The molecule has 0 aromatic heterocycles. The van der Waals surface area contributed by atoms with Crippen LogP contribution in [0.25, 0.3) is 0 Å². The third kappa shape index (κ3) is 5.54. The van der Waals surface area contributed by atoms with E-state index in [9.17, 15) is 4.79 Å². The Morgan fingerprint density at radius 3 is 2.11 bits per heavy atom. The van der Waals surface area contributed by atoms with Crippen LogP contribution in [-0.2, 0) is 11.2 Å². The first-order valence-electron chi connectivity index (χ1n) is 5.93. The maximum atomic E-state index is 12.1. The van der Waals surface area contributed by atoms with E-state index in [4.69, 9.17) is 10.5 Å². The summed E-state index contributed by atoms with van der Waals surface area (Å²) in [6.07, 6.45) is 0.874. The monoisotopic (exact) mass is 319 g/mol. The number of carbonyl (C=O) groups is 1. The summed E-state index contributed by atoms with van der Waals surface area (Å²) in [4.78, 5) is 13.7. The molecule has 1 aromatic carbocycles. The molecular formula is C14H14BrN3O. The number of nitrogens with zero attached hydrogens (tertiary/aromatic N) is 3. The zero-order chi connectivity index (χ0) is 14.1. The first-order chi connectivity index (χ1) is 9.17. The van der Waals surface area contributed by atoms with Crippen molar-refractivity contribution in [1.29, 1.82) is 10.5 Å². The molecule has 0 aliphatic heterocycles. The number of rotatable bonds is 6. The zero-order valence-corrected chi connectivity index (χ0v) is 12.1. The highest BCUT2D eigenvalue weighted by Crippen LogP contribution is 2.12. The minimum absolute atomic E-state index is 0.0483. The highest BCUT2D eigenvalue weighted by Gasteiger charge is 2.13. The summed E-state index contributed by atoms with van der Waals surface area (Å²) in [6, 6.07) is 11.6. The van der Waals surface area contributed by atoms with Gasteiger partial charge in [0.15, 0.2) is 0 Å². The van der Waals surface area contributed by atoms with Gasteiger partial charge in [-0.05, 0) is 17.7 Å². The zero-order valence-electron chi connectivity index (χ0n) is 10.5. The smallest absolute Gasteiger partial charge is 0.227 e. The number of carbonyl (C=O) groups excluding carboxylic acids is 1. The van der Waals surface area contributed by atoms with Gasteiger partial charge in [-0.3, -0.25) is 4.79 Å². The molecule has 19 heavy (non-hydrogen) atoms. The molecular weight excluding hydrogens is 306 g/mol. The van der Waals surface area contributed by atoms with Gasteiger partial charge in [-0.25, -0.2) is 0 Å². The van der Waals surface area contributed by atoms with Crippen LogP contribution in [0.5, 0.6) is 0 Å². The lowest BCUT2D eigenvalue weighted by Gasteiger charge is -2.20. The highest BCUT2D eigenvalue weighted by molar-refractivity contribution is 9.10. The van der Waals surface area contributed by atoms with Gasteiger partial charge in [-0.2, -0.15) is 10.5 Å². The molecule has 1 amide bonds. The van der Waals surface area contributed by atoms with Crippen molar-refractivity contribution < 1.29 is 4.79 Å². The highest BCUT2D eigenvalue weighted by atomic mass is 79.9. The van der Waals surface area contributed by atoms with E-state index < -0.39 is 0 Å². The molecule has 0 atom stereocenters. The Labute approximate surface area is 121 Å². The van der Waals surface area contributed by atoms with E-state index in [1.54, 1.807) is 4.90 Å². The first kappa shape index (κ1) is 15.2. The number of hydrogen-bond acceptors (Lipinski definition) is 3. The van der Waals surface area contributed by atoms with Gasteiger partial charge in [0.2, 0.25) is 5.91 Å². The fourth-order valence-corrected chi connectivity index (χ4v) is 1.88. The van der Waals surface area contributed by atoms with E-state index in [0.717, 1.165) is 10.0 Å². The molecule has 0 radical (unpaired) electrons. The normalized spacial score (nSPS) is 9.42. The predicted molar refractivity (Wildman–Crippen MR) is 74.9 cm³/mol. The van der Waals surface area contributed by atoms with Crippen molar-refractivity contribution >= 4 is 21.8 Å². The average Bonchev–Trinajstić information content (AvgIpc) is 2.41. The maximum Gasteiger partial charge on any atom is 0.227 e. The van der Waals surface area contributed by atoms with Crippen LogP contribution in [0, 0.1) is 22.7 Å². The quantitative estimate of drug-likeness (QED) is 0.809. The fourth-order valence-electron chi connectivity index (χ4n) is 1.62. The summed E-state index contributed by atoms with van der Waals surface area (Å²) < 4.78 is 0.967. The van der Waals surface area contributed by atoms with Crippen LogP contribution in [-0.4, -0.2) is 23.9 Å². The number of amides is 1. The average molecular weight is 320 g/mol. The van der Waals surface area contributed by atoms with E-state index in [1.807, 2.05) is 36.4 Å². The Morgan fingerprint density at radius 2 is 1.63 bits per heavy atom. The topological polar surface area (TPSA) is 67.9 Å². The van der Waals surface area contributed by atoms with Crippen molar-refractivity contribution in [3.05, 3.63) is 34.3 Å². The molecule has 0 fully saturated rings. The standard InChI is InChI=1S/C14H14BrN3O/c15-13-5-3-12(4-6-13)11-14(19)18(9-1-7-16)10-2-8-17/h3-6H,1-2,9-11H2. The molecule has 98 valence electrons. The lowest BCUT2D eigenvalue weighted by Crippen LogP contribution is -2.33. The number of benzene rings is 1. The molecule has 0 bridgehead atoms. The van der Waals surface area contributed by atoms with Crippen molar-refractivity contribution in [2.75, 3.05) is 13.1 Å². The van der Waals surface area contributed by atoms with E-state index in [0.29, 0.717) is 19.5 Å². The van der Waals surface area contributed by atoms with E-state index in [1.165, 1.54) is 0 Å². The Kier molecular flexibility index (Phi) is 6.63. The van der Waals surface area contributed by atoms with Crippen LogP contribution in [0.15, 0.2) is 28.7 Å². The molecule has 1 rings (SSSR count). The van der Waals surface area contributed by atoms with Gasteiger partial charge >= 0.3 is 0 Å². The Hall–Kier alpha value is -1.85. The lowest BCUT2D eigenvalue weighted by molar-refractivity contribution is -0.130. The molecule has 0 saturated heterocycles.